The Morgan fingerprint density at radius 3 is 3.08 bits per heavy atom. The predicted molar refractivity (Wildman–Crippen MR) is 43.4 cm³/mol. The molecule has 5 nitrogen and oxygen atoms in total. The minimum Gasteiger partial charge on any atom is -0.503 e. The molecule has 1 aromatic heterocycles. The second-order valence-corrected chi connectivity index (χ2v) is 2.19. The van der Waals surface area contributed by atoms with Crippen LogP contribution in [-0.4, -0.2) is 29.8 Å². The van der Waals surface area contributed by atoms with Crippen LogP contribution in [-0.2, 0) is 9.53 Å². The van der Waals surface area contributed by atoms with Crippen molar-refractivity contribution in [1.82, 2.24) is 4.98 Å². The summed E-state index contributed by atoms with van der Waals surface area (Å²) < 4.78 is 9.19. The van der Waals surface area contributed by atoms with E-state index in [0.29, 0.717) is 0 Å². The number of hydrogen-bond acceptors (Lipinski definition) is 5. The van der Waals surface area contributed by atoms with Crippen molar-refractivity contribution >= 4 is 5.97 Å². The van der Waals surface area contributed by atoms with Crippen molar-refractivity contribution in [2.45, 2.75) is 0 Å². The van der Waals surface area contributed by atoms with Gasteiger partial charge in [-0.05, 0) is 12.1 Å². The van der Waals surface area contributed by atoms with Crippen molar-refractivity contribution in [2.75, 3.05) is 13.7 Å². The smallest absolute Gasteiger partial charge is 0.343 e. The third-order valence-electron chi connectivity index (χ3n) is 1.31. The molecule has 0 aliphatic rings. The van der Waals surface area contributed by atoms with Gasteiger partial charge in [-0.25, -0.2) is 9.78 Å². The zero-order valence-corrected chi connectivity index (χ0v) is 7.06. The van der Waals surface area contributed by atoms with Gasteiger partial charge < -0.3 is 14.6 Å². The highest BCUT2D eigenvalue weighted by atomic mass is 16.6. The van der Waals surface area contributed by atoms with Gasteiger partial charge >= 0.3 is 5.97 Å². The maximum atomic E-state index is 10.6. The Bertz CT molecular complexity index is 300. The number of methoxy groups -OCH3 is 1. The third kappa shape index (κ3) is 2.62. The monoisotopic (exact) mass is 183 g/mol. The summed E-state index contributed by atoms with van der Waals surface area (Å²) in [4.78, 5) is 14.3. The van der Waals surface area contributed by atoms with Gasteiger partial charge in [0.2, 0.25) is 0 Å². The summed E-state index contributed by atoms with van der Waals surface area (Å²) in [5, 5.41) is 9.16. The molecule has 13 heavy (non-hydrogen) atoms. The first-order valence-electron chi connectivity index (χ1n) is 3.57. The van der Waals surface area contributed by atoms with Gasteiger partial charge in [-0.15, -0.1) is 0 Å². The van der Waals surface area contributed by atoms with Crippen molar-refractivity contribution in [2.24, 2.45) is 0 Å². The number of aromatic nitrogens is 1. The highest BCUT2D eigenvalue weighted by Crippen LogP contribution is 2.20. The lowest BCUT2D eigenvalue weighted by molar-refractivity contribution is -0.143. The molecule has 0 amide bonds. The lowest BCUT2D eigenvalue weighted by Gasteiger charge is -2.04. The number of aromatic hydroxyl groups is 1. The van der Waals surface area contributed by atoms with E-state index in [1.165, 1.54) is 19.4 Å². The van der Waals surface area contributed by atoms with E-state index in [-0.39, 0.29) is 18.2 Å². The second kappa shape index (κ2) is 4.30. The molecule has 0 saturated heterocycles. The molecule has 0 fully saturated rings. The zero-order valence-electron chi connectivity index (χ0n) is 7.06. The molecule has 1 heterocycles. The van der Waals surface area contributed by atoms with Gasteiger partial charge in [0.05, 0.1) is 7.11 Å². The number of rotatable bonds is 3. The maximum absolute atomic E-state index is 10.6. The van der Waals surface area contributed by atoms with E-state index >= 15 is 0 Å². The van der Waals surface area contributed by atoms with Crippen molar-refractivity contribution in [3.05, 3.63) is 18.3 Å². The van der Waals surface area contributed by atoms with Crippen LogP contribution >= 0.6 is 0 Å². The Morgan fingerprint density at radius 1 is 1.69 bits per heavy atom. The van der Waals surface area contributed by atoms with Gasteiger partial charge in [-0.2, -0.15) is 0 Å². The molecule has 1 rings (SSSR count). The molecule has 0 atom stereocenters. The summed E-state index contributed by atoms with van der Waals surface area (Å²) in [7, 11) is 1.25. The Balaban J connectivity index is 2.54. The molecule has 0 aliphatic heterocycles. The van der Waals surface area contributed by atoms with Crippen LogP contribution < -0.4 is 4.74 Å². The number of carbonyl (C=O) groups is 1. The average Bonchev–Trinajstić information content (AvgIpc) is 2.16. The van der Waals surface area contributed by atoms with E-state index in [2.05, 4.69) is 9.72 Å². The molecule has 0 spiro atoms. The number of pyridine rings is 1. The average molecular weight is 183 g/mol. The van der Waals surface area contributed by atoms with Crippen LogP contribution in [0, 0.1) is 0 Å². The van der Waals surface area contributed by atoms with Crippen LogP contribution in [0.2, 0.25) is 0 Å². The first kappa shape index (κ1) is 9.31. The van der Waals surface area contributed by atoms with E-state index in [1.807, 2.05) is 0 Å². The first-order valence-corrected chi connectivity index (χ1v) is 3.57. The highest BCUT2D eigenvalue weighted by Gasteiger charge is 2.05. The maximum Gasteiger partial charge on any atom is 0.343 e. The van der Waals surface area contributed by atoms with E-state index in [1.54, 1.807) is 6.07 Å². The number of hydrogen-bond donors (Lipinski definition) is 1. The number of esters is 1. The van der Waals surface area contributed by atoms with Crippen LogP contribution in [0.25, 0.3) is 0 Å². The largest absolute Gasteiger partial charge is 0.503 e. The van der Waals surface area contributed by atoms with Gasteiger partial charge in [0, 0.05) is 6.20 Å². The van der Waals surface area contributed by atoms with Crippen molar-refractivity contribution in [1.29, 1.82) is 0 Å². The van der Waals surface area contributed by atoms with Crippen molar-refractivity contribution in [3.8, 4) is 11.6 Å². The molecular weight excluding hydrogens is 174 g/mol. The standard InChI is InChI=1S/C8H9NO4/c1-12-7(11)5-13-8-6(10)3-2-4-9-8/h2-4,10H,5H2,1H3. The van der Waals surface area contributed by atoms with Gasteiger partial charge in [-0.1, -0.05) is 0 Å². The van der Waals surface area contributed by atoms with Gasteiger partial charge in [0.25, 0.3) is 5.88 Å². The molecule has 0 aliphatic carbocycles. The Kier molecular flexibility index (Phi) is 3.08. The zero-order chi connectivity index (χ0) is 9.68. The van der Waals surface area contributed by atoms with Crippen LogP contribution in [0.1, 0.15) is 0 Å². The minimum absolute atomic E-state index is 0.0212. The highest BCUT2D eigenvalue weighted by molar-refractivity contribution is 5.70. The second-order valence-electron chi connectivity index (χ2n) is 2.19. The normalized spacial score (nSPS) is 9.31. The lowest BCUT2D eigenvalue weighted by atomic mass is 10.4. The molecule has 0 bridgehead atoms. The van der Waals surface area contributed by atoms with E-state index < -0.39 is 5.97 Å². The summed E-state index contributed by atoms with van der Waals surface area (Å²) >= 11 is 0. The molecule has 1 N–H and O–H groups in total. The lowest BCUT2D eigenvalue weighted by Crippen LogP contribution is -2.13. The Morgan fingerprint density at radius 2 is 2.46 bits per heavy atom. The molecule has 5 heteroatoms. The van der Waals surface area contributed by atoms with Crippen LogP contribution in [0.15, 0.2) is 18.3 Å². The van der Waals surface area contributed by atoms with E-state index in [0.717, 1.165) is 0 Å². The van der Waals surface area contributed by atoms with E-state index in [4.69, 9.17) is 9.84 Å². The molecule has 70 valence electrons. The summed E-state index contributed by atoms with van der Waals surface area (Å²) in [5.74, 6) is -0.607. The van der Waals surface area contributed by atoms with Gasteiger partial charge in [0.1, 0.15) is 0 Å². The molecule has 0 unspecified atom stereocenters. The van der Waals surface area contributed by atoms with Gasteiger partial charge in [-0.3, -0.25) is 0 Å². The molecule has 0 radical (unpaired) electrons. The quantitative estimate of drug-likeness (QED) is 0.684. The minimum atomic E-state index is -0.523. The number of nitrogens with zero attached hydrogens (tertiary/aromatic N) is 1. The van der Waals surface area contributed by atoms with Gasteiger partial charge in [0.15, 0.2) is 12.4 Å². The fraction of sp³-hybridized carbons (Fsp3) is 0.250. The molecule has 0 aromatic carbocycles. The Labute approximate surface area is 74.9 Å². The van der Waals surface area contributed by atoms with Crippen LogP contribution in [0.4, 0.5) is 0 Å². The fourth-order valence-corrected chi connectivity index (χ4v) is 0.680. The van der Waals surface area contributed by atoms with E-state index in [9.17, 15) is 4.79 Å². The molecule has 1 aromatic rings. The number of carbonyl (C=O) groups excluding carboxylic acids is 1. The topological polar surface area (TPSA) is 68.7 Å². The summed E-state index contributed by atoms with van der Waals surface area (Å²) in [6.07, 6.45) is 1.45. The summed E-state index contributed by atoms with van der Waals surface area (Å²) in [5.41, 5.74) is 0. The van der Waals surface area contributed by atoms with Crippen LogP contribution in [0.3, 0.4) is 0 Å². The first-order chi connectivity index (χ1) is 6.24. The Hall–Kier alpha value is -1.78. The summed E-state index contributed by atoms with van der Waals surface area (Å²) in [6, 6.07) is 2.97. The van der Waals surface area contributed by atoms with Crippen molar-refractivity contribution < 1.29 is 19.4 Å². The number of ether oxygens (including phenoxy) is 2. The fourth-order valence-electron chi connectivity index (χ4n) is 0.680. The SMILES string of the molecule is COC(=O)COc1ncccc1O. The molecule has 0 saturated carbocycles. The summed E-state index contributed by atoms with van der Waals surface area (Å²) in [6.45, 7) is -0.263. The third-order valence-corrected chi connectivity index (χ3v) is 1.31. The van der Waals surface area contributed by atoms with Crippen molar-refractivity contribution in [3.63, 3.8) is 0 Å². The molecular formula is C8H9NO4. The van der Waals surface area contributed by atoms with Crippen LogP contribution in [0.5, 0.6) is 11.6 Å². The predicted octanol–water partition coefficient (Wildman–Crippen LogP) is 0.339.